The first-order valence-corrected chi connectivity index (χ1v) is 11.1. The van der Waals surface area contributed by atoms with Crippen molar-refractivity contribution < 1.29 is 14.6 Å². The fourth-order valence-corrected chi connectivity index (χ4v) is 2.70. The molecular weight excluding hydrogens is 362 g/mol. The number of carbonyl (C=O) groups is 1. The zero-order chi connectivity index (χ0) is 22.9. The molecule has 0 aliphatic heterocycles. The lowest BCUT2D eigenvalue weighted by Crippen LogP contribution is -2.30. The van der Waals surface area contributed by atoms with Gasteiger partial charge in [-0.3, -0.25) is 9.69 Å². The molecule has 0 aliphatic carbocycles. The van der Waals surface area contributed by atoms with Gasteiger partial charge < -0.3 is 9.84 Å². The lowest BCUT2D eigenvalue weighted by Gasteiger charge is -2.26. The Labute approximate surface area is 180 Å². The van der Waals surface area contributed by atoms with Crippen LogP contribution >= 0.6 is 0 Å². The standard InChI is InChI=1S/C17H29NO.C6H12O2.C2H6/c1-15(2)9-11-18(13-16(3)10-12-19)14-17-7-5-4-6-8-17;1-5(7)8-6(2,3)4;1-2/h4-8,15-16,19H,9-14H2,1-3H3;1-4H3;1-2H3. The van der Waals surface area contributed by atoms with Crippen LogP contribution in [0.2, 0.25) is 0 Å². The average Bonchev–Trinajstić information content (AvgIpc) is 2.61. The lowest BCUT2D eigenvalue weighted by molar-refractivity contribution is -0.151. The van der Waals surface area contributed by atoms with E-state index in [4.69, 9.17) is 9.84 Å². The molecule has 0 heterocycles. The van der Waals surface area contributed by atoms with Crippen LogP contribution in [0.1, 0.15) is 80.7 Å². The number of hydrogen-bond acceptors (Lipinski definition) is 4. The number of esters is 1. The predicted molar refractivity (Wildman–Crippen MR) is 125 cm³/mol. The van der Waals surface area contributed by atoms with Crippen molar-refractivity contribution in [3.63, 3.8) is 0 Å². The molecule has 0 saturated heterocycles. The van der Waals surface area contributed by atoms with Crippen LogP contribution in [0.15, 0.2) is 30.3 Å². The largest absolute Gasteiger partial charge is 0.460 e. The van der Waals surface area contributed by atoms with E-state index in [-0.39, 0.29) is 11.6 Å². The van der Waals surface area contributed by atoms with Gasteiger partial charge in [-0.25, -0.2) is 0 Å². The molecular formula is C25H47NO3. The summed E-state index contributed by atoms with van der Waals surface area (Å²) in [6, 6.07) is 10.7. The van der Waals surface area contributed by atoms with E-state index in [1.165, 1.54) is 18.9 Å². The fourth-order valence-electron chi connectivity index (χ4n) is 2.70. The lowest BCUT2D eigenvalue weighted by atomic mass is 10.1. The molecule has 1 rings (SSSR count). The predicted octanol–water partition coefficient (Wildman–Crippen LogP) is 5.93. The molecule has 0 aromatic heterocycles. The molecule has 1 unspecified atom stereocenters. The summed E-state index contributed by atoms with van der Waals surface area (Å²) in [6.45, 7) is 21.2. The first-order valence-electron chi connectivity index (χ1n) is 11.1. The highest BCUT2D eigenvalue weighted by Crippen LogP contribution is 2.12. The Kier molecular flexibility index (Phi) is 18.0. The van der Waals surface area contributed by atoms with Crippen molar-refractivity contribution in [1.82, 2.24) is 4.90 Å². The second-order valence-corrected chi connectivity index (χ2v) is 8.73. The van der Waals surface area contributed by atoms with Crippen molar-refractivity contribution in [2.75, 3.05) is 19.7 Å². The van der Waals surface area contributed by atoms with Crippen LogP contribution in [0.25, 0.3) is 0 Å². The van der Waals surface area contributed by atoms with Crippen molar-refractivity contribution in [3.8, 4) is 0 Å². The van der Waals surface area contributed by atoms with E-state index < -0.39 is 0 Å². The number of benzene rings is 1. The van der Waals surface area contributed by atoms with Crippen LogP contribution in [-0.4, -0.2) is 41.3 Å². The van der Waals surface area contributed by atoms with Gasteiger partial charge in [0.05, 0.1) is 0 Å². The zero-order valence-electron chi connectivity index (χ0n) is 20.5. The Morgan fingerprint density at radius 3 is 2.00 bits per heavy atom. The van der Waals surface area contributed by atoms with Gasteiger partial charge in [0.2, 0.25) is 0 Å². The van der Waals surface area contributed by atoms with Crippen molar-refractivity contribution in [3.05, 3.63) is 35.9 Å². The minimum absolute atomic E-state index is 0.225. The second kappa shape index (κ2) is 17.5. The van der Waals surface area contributed by atoms with Gasteiger partial charge in [0, 0.05) is 26.6 Å². The topological polar surface area (TPSA) is 49.8 Å². The Bertz CT molecular complexity index is 495. The summed E-state index contributed by atoms with van der Waals surface area (Å²) in [7, 11) is 0. The van der Waals surface area contributed by atoms with Gasteiger partial charge >= 0.3 is 5.97 Å². The highest BCUT2D eigenvalue weighted by atomic mass is 16.6. The molecule has 0 amide bonds. The molecule has 4 heteroatoms. The van der Waals surface area contributed by atoms with Gasteiger partial charge in [-0.2, -0.15) is 0 Å². The van der Waals surface area contributed by atoms with E-state index in [9.17, 15) is 4.79 Å². The van der Waals surface area contributed by atoms with Gasteiger partial charge in [0.25, 0.3) is 0 Å². The van der Waals surface area contributed by atoms with Crippen LogP contribution in [0.3, 0.4) is 0 Å². The molecule has 170 valence electrons. The Balaban J connectivity index is 0. The Morgan fingerprint density at radius 2 is 1.62 bits per heavy atom. The zero-order valence-corrected chi connectivity index (χ0v) is 20.5. The van der Waals surface area contributed by atoms with E-state index >= 15 is 0 Å². The molecule has 0 saturated carbocycles. The van der Waals surface area contributed by atoms with Gasteiger partial charge in [-0.05, 0) is 57.6 Å². The summed E-state index contributed by atoms with van der Waals surface area (Å²) in [6.07, 6.45) is 2.13. The normalized spacial score (nSPS) is 11.9. The Morgan fingerprint density at radius 1 is 1.07 bits per heavy atom. The first-order chi connectivity index (χ1) is 13.5. The monoisotopic (exact) mass is 409 g/mol. The maximum Gasteiger partial charge on any atom is 0.303 e. The van der Waals surface area contributed by atoms with E-state index in [1.54, 1.807) is 0 Å². The maximum absolute atomic E-state index is 10.2. The number of aliphatic hydroxyl groups is 1. The third-order valence-corrected chi connectivity index (χ3v) is 3.91. The summed E-state index contributed by atoms with van der Waals surface area (Å²) in [5, 5.41) is 9.04. The number of ether oxygens (including phenoxy) is 1. The third-order valence-electron chi connectivity index (χ3n) is 3.91. The molecule has 4 nitrogen and oxygen atoms in total. The minimum atomic E-state index is -0.328. The van der Waals surface area contributed by atoms with Crippen LogP contribution in [-0.2, 0) is 16.1 Å². The average molecular weight is 410 g/mol. The van der Waals surface area contributed by atoms with Gasteiger partial charge in [0.1, 0.15) is 5.60 Å². The second-order valence-electron chi connectivity index (χ2n) is 8.73. The van der Waals surface area contributed by atoms with Crippen molar-refractivity contribution in [2.24, 2.45) is 11.8 Å². The van der Waals surface area contributed by atoms with E-state index in [0.717, 1.165) is 32.0 Å². The molecule has 1 N–H and O–H groups in total. The van der Waals surface area contributed by atoms with Crippen LogP contribution in [0, 0.1) is 11.8 Å². The molecule has 0 aliphatic rings. The highest BCUT2D eigenvalue weighted by molar-refractivity contribution is 5.66. The first kappa shape index (κ1) is 29.8. The number of hydrogen-bond donors (Lipinski definition) is 1. The Hall–Kier alpha value is -1.39. The molecule has 1 aromatic rings. The molecule has 0 fully saturated rings. The quantitative estimate of drug-likeness (QED) is 0.514. The summed E-state index contributed by atoms with van der Waals surface area (Å²) < 4.78 is 4.80. The van der Waals surface area contributed by atoms with Crippen molar-refractivity contribution in [2.45, 2.75) is 87.3 Å². The van der Waals surface area contributed by atoms with Crippen LogP contribution in [0.5, 0.6) is 0 Å². The summed E-state index contributed by atoms with van der Waals surface area (Å²) in [4.78, 5) is 12.8. The molecule has 1 atom stereocenters. The molecule has 29 heavy (non-hydrogen) atoms. The van der Waals surface area contributed by atoms with Crippen LogP contribution in [0.4, 0.5) is 0 Å². The van der Waals surface area contributed by atoms with E-state index in [2.05, 4.69) is 56.0 Å². The fraction of sp³-hybridized carbons (Fsp3) is 0.720. The van der Waals surface area contributed by atoms with Crippen molar-refractivity contribution >= 4 is 5.97 Å². The maximum atomic E-state index is 10.2. The summed E-state index contributed by atoms with van der Waals surface area (Å²) >= 11 is 0. The SMILES string of the molecule is CC.CC(=O)OC(C)(C)C.CC(C)CCN(Cc1ccccc1)CC(C)CCO. The number of rotatable bonds is 9. The van der Waals surface area contributed by atoms with Crippen molar-refractivity contribution in [1.29, 1.82) is 0 Å². The minimum Gasteiger partial charge on any atom is -0.460 e. The highest BCUT2D eigenvalue weighted by Gasteiger charge is 2.12. The third kappa shape index (κ3) is 21.1. The molecule has 1 aromatic carbocycles. The number of carbonyl (C=O) groups excluding carboxylic acids is 1. The number of nitrogens with zero attached hydrogens (tertiary/aromatic N) is 1. The summed E-state index contributed by atoms with van der Waals surface area (Å²) in [5.41, 5.74) is 1.05. The number of aliphatic hydroxyl groups excluding tert-OH is 1. The molecule has 0 radical (unpaired) electrons. The summed E-state index contributed by atoms with van der Waals surface area (Å²) in [5.74, 6) is 1.07. The van der Waals surface area contributed by atoms with Gasteiger partial charge in [0.15, 0.2) is 0 Å². The molecule has 0 spiro atoms. The van der Waals surface area contributed by atoms with Gasteiger partial charge in [-0.1, -0.05) is 65.0 Å². The van der Waals surface area contributed by atoms with E-state index in [1.807, 2.05) is 34.6 Å². The van der Waals surface area contributed by atoms with Crippen LogP contribution < -0.4 is 0 Å². The molecule has 0 bridgehead atoms. The smallest absolute Gasteiger partial charge is 0.303 e. The van der Waals surface area contributed by atoms with Gasteiger partial charge in [-0.15, -0.1) is 0 Å². The van der Waals surface area contributed by atoms with E-state index in [0.29, 0.717) is 12.5 Å².